The Hall–Kier alpha value is -2.35. The summed E-state index contributed by atoms with van der Waals surface area (Å²) >= 11 is 1.35. The van der Waals surface area contributed by atoms with Gasteiger partial charge in [0.15, 0.2) is 0 Å². The molecular formula is C13H12N4O3S. The first-order valence-electron chi connectivity index (χ1n) is 6.14. The molecule has 0 saturated carbocycles. The second-order valence-corrected chi connectivity index (χ2v) is 5.03. The Morgan fingerprint density at radius 3 is 2.52 bits per heavy atom. The van der Waals surface area contributed by atoms with Gasteiger partial charge in [0.1, 0.15) is 5.75 Å². The number of benzene rings is 1. The zero-order valence-electron chi connectivity index (χ0n) is 11.4. The predicted octanol–water partition coefficient (Wildman–Crippen LogP) is 2.73. The molecule has 0 radical (unpaired) electrons. The van der Waals surface area contributed by atoms with Crippen LogP contribution in [0.2, 0.25) is 0 Å². The average Bonchev–Trinajstić information content (AvgIpc) is 3.14. The molecule has 1 aromatic carbocycles. The molecule has 3 rings (SSSR count). The van der Waals surface area contributed by atoms with E-state index in [9.17, 15) is 0 Å². The minimum Gasteiger partial charge on any atom is -0.497 e. The van der Waals surface area contributed by atoms with Crippen LogP contribution in [-0.4, -0.2) is 27.5 Å². The Labute approximate surface area is 124 Å². The summed E-state index contributed by atoms with van der Waals surface area (Å²) in [6.07, 6.45) is 0. The lowest BCUT2D eigenvalue weighted by Crippen LogP contribution is -1.82. The molecule has 0 fully saturated rings. The Morgan fingerprint density at radius 2 is 1.86 bits per heavy atom. The topological polar surface area (TPSA) is 87.1 Å². The van der Waals surface area contributed by atoms with Gasteiger partial charge in [0.2, 0.25) is 17.7 Å². The zero-order valence-corrected chi connectivity index (χ0v) is 12.3. The van der Waals surface area contributed by atoms with Gasteiger partial charge in [-0.2, -0.15) is 0 Å². The van der Waals surface area contributed by atoms with Gasteiger partial charge in [-0.1, -0.05) is 11.8 Å². The molecule has 7 nitrogen and oxygen atoms in total. The SMILES string of the molecule is COc1ccc(-c2nnc(SCc3nnc(C)o3)o2)cc1. The van der Waals surface area contributed by atoms with Crippen molar-refractivity contribution in [2.45, 2.75) is 17.9 Å². The van der Waals surface area contributed by atoms with Crippen molar-refractivity contribution in [2.75, 3.05) is 7.11 Å². The standard InChI is InChI=1S/C13H12N4O3S/c1-8-14-15-11(19-8)7-21-13-17-16-12(20-13)9-3-5-10(18-2)6-4-9/h3-6H,7H2,1-2H3. The third kappa shape index (κ3) is 3.22. The molecule has 0 bridgehead atoms. The van der Waals surface area contributed by atoms with Crippen molar-refractivity contribution >= 4 is 11.8 Å². The summed E-state index contributed by atoms with van der Waals surface area (Å²) in [6.45, 7) is 1.75. The number of ether oxygens (including phenoxy) is 1. The Bertz CT molecular complexity index is 723. The highest BCUT2D eigenvalue weighted by Gasteiger charge is 2.11. The number of hydrogen-bond acceptors (Lipinski definition) is 8. The van der Waals surface area contributed by atoms with Crippen LogP contribution >= 0.6 is 11.8 Å². The molecule has 0 aliphatic rings. The smallest absolute Gasteiger partial charge is 0.277 e. The lowest BCUT2D eigenvalue weighted by atomic mass is 10.2. The van der Waals surface area contributed by atoms with Crippen LogP contribution in [0.15, 0.2) is 38.3 Å². The number of nitrogens with zero attached hydrogens (tertiary/aromatic N) is 4. The summed E-state index contributed by atoms with van der Waals surface area (Å²) in [6, 6.07) is 7.41. The van der Waals surface area contributed by atoms with Gasteiger partial charge in [-0.15, -0.1) is 20.4 Å². The largest absolute Gasteiger partial charge is 0.497 e. The van der Waals surface area contributed by atoms with E-state index in [1.165, 1.54) is 11.8 Å². The maximum absolute atomic E-state index is 5.58. The fourth-order valence-corrected chi connectivity index (χ4v) is 2.24. The Morgan fingerprint density at radius 1 is 1.05 bits per heavy atom. The highest BCUT2D eigenvalue weighted by atomic mass is 32.2. The van der Waals surface area contributed by atoms with E-state index in [-0.39, 0.29) is 0 Å². The molecule has 0 N–H and O–H groups in total. The number of thioether (sulfide) groups is 1. The summed E-state index contributed by atoms with van der Waals surface area (Å²) < 4.78 is 16.0. The quantitative estimate of drug-likeness (QED) is 0.665. The first-order valence-corrected chi connectivity index (χ1v) is 7.13. The van der Waals surface area contributed by atoms with Gasteiger partial charge >= 0.3 is 0 Å². The van der Waals surface area contributed by atoms with Gasteiger partial charge in [-0.05, 0) is 24.3 Å². The van der Waals surface area contributed by atoms with Crippen LogP contribution in [0.25, 0.3) is 11.5 Å². The van der Waals surface area contributed by atoms with E-state index in [4.69, 9.17) is 13.6 Å². The molecule has 2 heterocycles. The van der Waals surface area contributed by atoms with Gasteiger partial charge in [-0.25, -0.2) is 0 Å². The van der Waals surface area contributed by atoms with E-state index in [1.54, 1.807) is 14.0 Å². The summed E-state index contributed by atoms with van der Waals surface area (Å²) in [5.74, 6) is 2.80. The lowest BCUT2D eigenvalue weighted by molar-refractivity contribution is 0.414. The number of rotatable bonds is 5. The summed E-state index contributed by atoms with van der Waals surface area (Å²) in [5, 5.41) is 16.1. The van der Waals surface area contributed by atoms with Crippen molar-refractivity contribution in [2.24, 2.45) is 0 Å². The van der Waals surface area contributed by atoms with E-state index in [2.05, 4.69) is 20.4 Å². The fraction of sp³-hybridized carbons (Fsp3) is 0.231. The summed E-state index contributed by atoms with van der Waals surface area (Å²) in [5.41, 5.74) is 0.837. The van der Waals surface area contributed by atoms with Crippen LogP contribution in [0.5, 0.6) is 5.75 Å². The van der Waals surface area contributed by atoms with E-state index in [1.807, 2.05) is 24.3 Å². The van der Waals surface area contributed by atoms with Gasteiger partial charge in [0.25, 0.3) is 5.22 Å². The van der Waals surface area contributed by atoms with Crippen LogP contribution in [0, 0.1) is 6.92 Å². The lowest BCUT2D eigenvalue weighted by Gasteiger charge is -1.99. The third-order valence-electron chi connectivity index (χ3n) is 2.63. The summed E-state index contributed by atoms with van der Waals surface area (Å²) in [4.78, 5) is 0. The van der Waals surface area contributed by atoms with Gasteiger partial charge in [0, 0.05) is 12.5 Å². The highest BCUT2D eigenvalue weighted by Crippen LogP contribution is 2.26. The minimum absolute atomic E-state index is 0.455. The molecule has 0 amide bonds. The van der Waals surface area contributed by atoms with Crippen LogP contribution in [0.1, 0.15) is 11.8 Å². The average molecular weight is 304 g/mol. The Balaban J connectivity index is 1.67. The maximum atomic E-state index is 5.58. The number of aryl methyl sites for hydroxylation is 1. The predicted molar refractivity (Wildman–Crippen MR) is 74.9 cm³/mol. The van der Waals surface area contributed by atoms with E-state index in [0.717, 1.165) is 11.3 Å². The second kappa shape index (κ2) is 5.96. The molecule has 2 aromatic heterocycles. The summed E-state index contributed by atoms with van der Waals surface area (Å²) in [7, 11) is 1.62. The second-order valence-electron chi connectivity index (χ2n) is 4.11. The molecular weight excluding hydrogens is 292 g/mol. The zero-order chi connectivity index (χ0) is 14.7. The molecule has 0 atom stereocenters. The van der Waals surface area contributed by atoms with Crippen LogP contribution < -0.4 is 4.74 Å². The molecule has 0 aliphatic heterocycles. The van der Waals surface area contributed by atoms with Gasteiger partial charge in [-0.3, -0.25) is 0 Å². The normalized spacial score (nSPS) is 10.8. The van der Waals surface area contributed by atoms with Gasteiger partial charge < -0.3 is 13.6 Å². The molecule has 3 aromatic rings. The molecule has 21 heavy (non-hydrogen) atoms. The maximum Gasteiger partial charge on any atom is 0.277 e. The first kappa shape index (κ1) is 13.6. The monoisotopic (exact) mass is 304 g/mol. The molecule has 0 unspecified atom stereocenters. The number of methoxy groups -OCH3 is 1. The third-order valence-corrected chi connectivity index (χ3v) is 3.43. The van der Waals surface area contributed by atoms with E-state index < -0.39 is 0 Å². The van der Waals surface area contributed by atoms with Crippen molar-refractivity contribution in [3.05, 3.63) is 36.0 Å². The van der Waals surface area contributed by atoms with Crippen LogP contribution in [-0.2, 0) is 5.75 Å². The molecule has 108 valence electrons. The molecule has 8 heteroatoms. The van der Waals surface area contributed by atoms with Crippen molar-refractivity contribution in [1.82, 2.24) is 20.4 Å². The van der Waals surface area contributed by atoms with Crippen LogP contribution in [0.3, 0.4) is 0 Å². The molecule has 0 aliphatic carbocycles. The molecule has 0 saturated heterocycles. The van der Waals surface area contributed by atoms with Crippen LogP contribution in [0.4, 0.5) is 0 Å². The number of hydrogen-bond donors (Lipinski definition) is 0. The first-order chi connectivity index (χ1) is 10.2. The fourth-order valence-electron chi connectivity index (χ4n) is 1.64. The molecule has 0 spiro atoms. The van der Waals surface area contributed by atoms with Crippen molar-refractivity contribution in [1.29, 1.82) is 0 Å². The van der Waals surface area contributed by atoms with E-state index in [0.29, 0.717) is 28.6 Å². The van der Waals surface area contributed by atoms with Crippen molar-refractivity contribution in [3.63, 3.8) is 0 Å². The minimum atomic E-state index is 0.455. The van der Waals surface area contributed by atoms with Crippen molar-refractivity contribution in [3.8, 4) is 17.2 Å². The van der Waals surface area contributed by atoms with Gasteiger partial charge in [0.05, 0.1) is 12.9 Å². The highest BCUT2D eigenvalue weighted by molar-refractivity contribution is 7.98. The Kier molecular flexibility index (Phi) is 3.87. The van der Waals surface area contributed by atoms with Crippen molar-refractivity contribution < 1.29 is 13.6 Å². The number of aromatic nitrogens is 4. The van der Waals surface area contributed by atoms with E-state index >= 15 is 0 Å².